The van der Waals surface area contributed by atoms with E-state index in [2.05, 4.69) is 30.3 Å². The van der Waals surface area contributed by atoms with Crippen molar-refractivity contribution in [1.82, 2.24) is 14.3 Å². The van der Waals surface area contributed by atoms with Crippen molar-refractivity contribution in [3.05, 3.63) is 71.8 Å². The van der Waals surface area contributed by atoms with Crippen LogP contribution in [0.25, 0.3) is 11.1 Å². The minimum Gasteiger partial charge on any atom is -0.464 e. The molecule has 0 fully saturated rings. The number of carbonyl (C=O) groups is 1. The number of hydrogen-bond acceptors (Lipinski definition) is 4. The molecule has 32 heavy (non-hydrogen) atoms. The van der Waals surface area contributed by atoms with Gasteiger partial charge in [0.05, 0.1) is 4.90 Å². The summed E-state index contributed by atoms with van der Waals surface area (Å²) < 4.78 is 29.0. The van der Waals surface area contributed by atoms with Crippen molar-refractivity contribution in [2.45, 2.75) is 57.4 Å². The highest BCUT2D eigenvalue weighted by Crippen LogP contribution is 2.30. The number of aryl methyl sites for hydroxylation is 1. The molecule has 1 heterocycles. The fourth-order valence-corrected chi connectivity index (χ4v) is 4.77. The molecule has 0 aliphatic heterocycles. The third-order valence-electron chi connectivity index (χ3n) is 5.10. The lowest BCUT2D eigenvalue weighted by Gasteiger charge is -2.20. The van der Waals surface area contributed by atoms with E-state index in [9.17, 15) is 13.2 Å². The van der Waals surface area contributed by atoms with Gasteiger partial charge in [0.15, 0.2) is 0 Å². The smallest absolute Gasteiger partial charge is 0.418 e. The molecule has 7 nitrogen and oxygen atoms in total. The molecule has 0 aliphatic rings. The fourth-order valence-electron chi connectivity index (χ4n) is 3.72. The number of aromatic nitrogens is 2. The second-order valence-electron chi connectivity index (χ2n) is 8.82. The summed E-state index contributed by atoms with van der Waals surface area (Å²) >= 11 is 0. The summed E-state index contributed by atoms with van der Waals surface area (Å²) in [4.78, 5) is 15.4. The SMILES string of the molecule is CCCc1ccc(S(=O)(=O)NC(=O)O)c(-c2ccc(Cn3ccnc3C(C)(C)C)cc2)c1. The Labute approximate surface area is 189 Å². The van der Waals surface area contributed by atoms with Crippen molar-refractivity contribution in [3.8, 4) is 11.1 Å². The van der Waals surface area contributed by atoms with Gasteiger partial charge in [-0.1, -0.05) is 64.4 Å². The molecule has 0 unspecified atom stereocenters. The fraction of sp³-hybridized carbons (Fsp3) is 0.333. The monoisotopic (exact) mass is 455 g/mol. The van der Waals surface area contributed by atoms with Crippen LogP contribution in [-0.2, 0) is 28.4 Å². The highest BCUT2D eigenvalue weighted by Gasteiger charge is 2.22. The topological polar surface area (TPSA) is 101 Å². The highest BCUT2D eigenvalue weighted by atomic mass is 32.2. The Morgan fingerprint density at radius 1 is 1.09 bits per heavy atom. The summed E-state index contributed by atoms with van der Waals surface area (Å²) in [7, 11) is -4.21. The predicted molar refractivity (Wildman–Crippen MR) is 124 cm³/mol. The zero-order chi connectivity index (χ0) is 23.5. The first-order chi connectivity index (χ1) is 15.0. The highest BCUT2D eigenvalue weighted by molar-refractivity contribution is 7.90. The average molecular weight is 456 g/mol. The van der Waals surface area contributed by atoms with Crippen molar-refractivity contribution < 1.29 is 18.3 Å². The second kappa shape index (κ2) is 9.16. The number of sulfonamides is 1. The van der Waals surface area contributed by atoms with Crippen molar-refractivity contribution in [2.24, 2.45) is 0 Å². The van der Waals surface area contributed by atoms with E-state index in [0.29, 0.717) is 17.7 Å². The molecular weight excluding hydrogens is 426 g/mol. The van der Waals surface area contributed by atoms with Crippen molar-refractivity contribution in [3.63, 3.8) is 0 Å². The number of amides is 1. The minimum atomic E-state index is -4.21. The molecule has 3 aromatic rings. The number of benzene rings is 2. The Kier molecular flexibility index (Phi) is 6.74. The molecule has 2 N–H and O–H groups in total. The number of rotatable bonds is 7. The summed E-state index contributed by atoms with van der Waals surface area (Å²) in [6.07, 6.45) is 3.84. The average Bonchev–Trinajstić information content (AvgIpc) is 3.16. The maximum atomic E-state index is 12.6. The van der Waals surface area contributed by atoms with E-state index >= 15 is 0 Å². The predicted octanol–water partition coefficient (Wildman–Crippen LogP) is 4.80. The third-order valence-corrected chi connectivity index (χ3v) is 6.48. The van der Waals surface area contributed by atoms with E-state index in [1.54, 1.807) is 17.0 Å². The molecule has 0 radical (unpaired) electrons. The molecular formula is C24H29N3O4S. The first-order valence-electron chi connectivity index (χ1n) is 10.5. The summed E-state index contributed by atoms with van der Waals surface area (Å²) in [5.41, 5.74) is 3.15. The first kappa shape index (κ1) is 23.5. The van der Waals surface area contributed by atoms with Gasteiger partial charge in [-0.25, -0.2) is 22.9 Å². The van der Waals surface area contributed by atoms with Gasteiger partial charge in [0.25, 0.3) is 10.0 Å². The van der Waals surface area contributed by atoms with Crippen LogP contribution in [0.3, 0.4) is 0 Å². The molecule has 0 bridgehead atoms. The van der Waals surface area contributed by atoms with Gasteiger partial charge in [0.2, 0.25) is 0 Å². The van der Waals surface area contributed by atoms with Crippen LogP contribution in [0.2, 0.25) is 0 Å². The maximum absolute atomic E-state index is 12.6. The van der Waals surface area contributed by atoms with Crippen molar-refractivity contribution in [2.75, 3.05) is 0 Å². The normalized spacial score (nSPS) is 12.0. The van der Waals surface area contributed by atoms with E-state index in [-0.39, 0.29) is 10.3 Å². The van der Waals surface area contributed by atoms with Gasteiger partial charge in [-0.15, -0.1) is 0 Å². The van der Waals surface area contributed by atoms with Crippen LogP contribution in [0.4, 0.5) is 4.79 Å². The molecule has 0 spiro atoms. The van der Waals surface area contributed by atoms with Gasteiger partial charge in [0, 0.05) is 29.9 Å². The molecule has 2 aromatic carbocycles. The van der Waals surface area contributed by atoms with Gasteiger partial charge in [-0.2, -0.15) is 0 Å². The van der Waals surface area contributed by atoms with Crippen molar-refractivity contribution in [1.29, 1.82) is 0 Å². The van der Waals surface area contributed by atoms with Crippen LogP contribution in [-0.4, -0.2) is 29.2 Å². The lowest BCUT2D eigenvalue weighted by Crippen LogP contribution is -2.29. The molecule has 1 aromatic heterocycles. The Morgan fingerprint density at radius 2 is 1.75 bits per heavy atom. The van der Waals surface area contributed by atoms with Crippen molar-refractivity contribution >= 4 is 16.1 Å². The van der Waals surface area contributed by atoms with Gasteiger partial charge in [0.1, 0.15) is 5.82 Å². The Hall–Kier alpha value is -3.13. The maximum Gasteiger partial charge on any atom is 0.418 e. The summed E-state index contributed by atoms with van der Waals surface area (Å²) in [6, 6.07) is 12.7. The summed E-state index contributed by atoms with van der Waals surface area (Å²) in [5.74, 6) is 0.988. The van der Waals surface area contributed by atoms with Gasteiger partial charge in [-0.3, -0.25) is 0 Å². The zero-order valence-corrected chi connectivity index (χ0v) is 19.6. The first-order valence-corrected chi connectivity index (χ1v) is 12.0. The number of hydrogen-bond donors (Lipinski definition) is 2. The largest absolute Gasteiger partial charge is 0.464 e. The number of imidazole rings is 1. The Bertz CT molecular complexity index is 1210. The summed E-state index contributed by atoms with van der Waals surface area (Å²) in [6.45, 7) is 9.05. The van der Waals surface area contributed by atoms with Crippen LogP contribution < -0.4 is 4.72 Å². The molecule has 0 saturated heterocycles. The van der Waals surface area contributed by atoms with Crippen LogP contribution >= 0.6 is 0 Å². The molecule has 0 aliphatic carbocycles. The molecule has 0 saturated carbocycles. The van der Waals surface area contributed by atoms with E-state index in [1.807, 2.05) is 43.5 Å². The number of carboxylic acid groups (broad SMARTS) is 1. The van der Waals surface area contributed by atoms with E-state index in [0.717, 1.165) is 29.8 Å². The third kappa shape index (κ3) is 5.37. The minimum absolute atomic E-state index is 0.0582. The summed E-state index contributed by atoms with van der Waals surface area (Å²) in [5, 5.41) is 8.95. The Balaban J connectivity index is 1.98. The second-order valence-corrected chi connectivity index (χ2v) is 10.5. The van der Waals surface area contributed by atoms with Crippen LogP contribution in [0, 0.1) is 0 Å². The zero-order valence-electron chi connectivity index (χ0n) is 18.8. The molecule has 170 valence electrons. The van der Waals surface area contributed by atoms with Gasteiger partial charge in [-0.05, 0) is 35.2 Å². The van der Waals surface area contributed by atoms with E-state index in [1.165, 1.54) is 6.07 Å². The van der Waals surface area contributed by atoms with E-state index in [4.69, 9.17) is 5.11 Å². The molecule has 3 rings (SSSR count). The quantitative estimate of drug-likeness (QED) is 0.533. The van der Waals surface area contributed by atoms with Gasteiger partial charge >= 0.3 is 6.09 Å². The van der Waals surface area contributed by atoms with Crippen LogP contribution in [0.1, 0.15) is 51.1 Å². The van der Waals surface area contributed by atoms with Gasteiger partial charge < -0.3 is 9.67 Å². The number of nitrogens with zero attached hydrogens (tertiary/aromatic N) is 2. The molecule has 8 heteroatoms. The standard InChI is InChI=1S/C24H29N3O4S/c1-5-6-17-9-12-21(32(30,31)26-23(28)29)20(15-17)19-10-7-18(8-11-19)16-27-14-13-25-22(27)24(2,3)4/h7-15,26H,5-6,16H2,1-4H3,(H,28,29). The van der Waals surface area contributed by atoms with E-state index < -0.39 is 16.1 Å². The van der Waals surface area contributed by atoms with Crippen LogP contribution in [0.5, 0.6) is 0 Å². The lowest BCUT2D eigenvalue weighted by atomic mass is 9.95. The number of nitrogens with one attached hydrogen (secondary N) is 1. The van der Waals surface area contributed by atoms with Crippen LogP contribution in [0.15, 0.2) is 59.8 Å². The Morgan fingerprint density at radius 3 is 2.34 bits per heavy atom. The molecule has 1 amide bonds. The molecule has 0 atom stereocenters. The lowest BCUT2D eigenvalue weighted by molar-refractivity contribution is 0.201.